The van der Waals surface area contributed by atoms with Gasteiger partial charge in [0.15, 0.2) is 0 Å². The van der Waals surface area contributed by atoms with Gasteiger partial charge in [0, 0.05) is 6.54 Å². The molecule has 0 aromatic rings. The van der Waals surface area contributed by atoms with Crippen LogP contribution in [0.4, 0.5) is 0 Å². The molecule has 2 aliphatic carbocycles. The van der Waals surface area contributed by atoms with Crippen molar-refractivity contribution < 1.29 is 0 Å². The third-order valence-corrected chi connectivity index (χ3v) is 7.80. The maximum atomic E-state index is 2.40. The zero-order chi connectivity index (χ0) is 17.2. The second kappa shape index (κ2) is 11.9. The standard InChI is InChI=1S/C21H42BNS/c1-19(17-23(2)3)18-24-16-10-15-22(20-11-6-4-7-12-20)21-13-8-5-9-14-21/h19-21H,4-18H2,1-3H3. The maximum Gasteiger partial charge on any atom is 0.146 e. The number of rotatable bonds is 10. The van der Waals surface area contributed by atoms with Crippen molar-refractivity contribution in [3.8, 4) is 0 Å². The smallest absolute Gasteiger partial charge is 0.146 e. The van der Waals surface area contributed by atoms with Gasteiger partial charge in [0.1, 0.15) is 6.71 Å². The minimum absolute atomic E-state index is 0.831. The van der Waals surface area contributed by atoms with Crippen LogP contribution in [0.15, 0.2) is 0 Å². The molecule has 0 saturated heterocycles. The Morgan fingerprint density at radius 1 is 0.917 bits per heavy atom. The Kier molecular flexibility index (Phi) is 10.2. The SMILES string of the molecule is CC(CSCCCB(C1CCCCC1)C1CCCCC1)CN(C)C. The summed E-state index contributed by atoms with van der Waals surface area (Å²) in [5, 5.41) is 0. The lowest BCUT2D eigenvalue weighted by Crippen LogP contribution is -2.30. The van der Waals surface area contributed by atoms with Crippen molar-refractivity contribution in [2.75, 3.05) is 32.1 Å². The Bertz CT molecular complexity index is 293. The number of hydrogen-bond donors (Lipinski definition) is 0. The summed E-state index contributed by atoms with van der Waals surface area (Å²) >= 11 is 2.21. The topological polar surface area (TPSA) is 3.24 Å². The number of thioether (sulfide) groups is 1. The Morgan fingerprint density at radius 3 is 1.96 bits per heavy atom. The number of nitrogens with zero attached hydrogens (tertiary/aromatic N) is 1. The maximum absolute atomic E-state index is 2.40. The van der Waals surface area contributed by atoms with Crippen molar-refractivity contribution in [1.29, 1.82) is 0 Å². The largest absolute Gasteiger partial charge is 0.309 e. The lowest BCUT2D eigenvalue weighted by Gasteiger charge is -2.35. The van der Waals surface area contributed by atoms with Crippen molar-refractivity contribution in [1.82, 2.24) is 4.90 Å². The molecule has 1 nitrogen and oxygen atoms in total. The highest BCUT2D eigenvalue weighted by molar-refractivity contribution is 7.99. The highest BCUT2D eigenvalue weighted by Gasteiger charge is 2.33. The fourth-order valence-electron chi connectivity index (χ4n) is 5.36. The van der Waals surface area contributed by atoms with E-state index in [1.807, 2.05) is 0 Å². The first kappa shape index (κ1) is 20.7. The van der Waals surface area contributed by atoms with E-state index in [4.69, 9.17) is 0 Å². The van der Waals surface area contributed by atoms with E-state index < -0.39 is 0 Å². The Balaban J connectivity index is 1.69. The van der Waals surface area contributed by atoms with Crippen LogP contribution >= 0.6 is 11.8 Å². The van der Waals surface area contributed by atoms with Crippen LogP contribution in [0.5, 0.6) is 0 Å². The summed E-state index contributed by atoms with van der Waals surface area (Å²) in [5.41, 5.74) is 0. The average Bonchev–Trinajstić information content (AvgIpc) is 2.59. The van der Waals surface area contributed by atoms with Gasteiger partial charge in [0.2, 0.25) is 0 Å². The first-order chi connectivity index (χ1) is 11.7. The van der Waals surface area contributed by atoms with Crippen LogP contribution in [-0.4, -0.2) is 43.8 Å². The molecule has 0 spiro atoms. The van der Waals surface area contributed by atoms with Crippen molar-refractivity contribution >= 4 is 18.5 Å². The first-order valence-corrected chi connectivity index (χ1v) is 12.0. The van der Waals surface area contributed by atoms with Crippen LogP contribution in [0.25, 0.3) is 0 Å². The predicted octanol–water partition coefficient (Wildman–Crippen LogP) is 6.47. The molecule has 0 bridgehead atoms. The molecule has 0 aromatic heterocycles. The van der Waals surface area contributed by atoms with E-state index in [-0.39, 0.29) is 0 Å². The van der Waals surface area contributed by atoms with E-state index in [0.717, 1.165) is 24.3 Å². The van der Waals surface area contributed by atoms with Crippen LogP contribution < -0.4 is 0 Å². The zero-order valence-electron chi connectivity index (χ0n) is 16.8. The van der Waals surface area contributed by atoms with Crippen LogP contribution in [0, 0.1) is 5.92 Å². The summed E-state index contributed by atoms with van der Waals surface area (Å²) in [7, 11) is 4.39. The van der Waals surface area contributed by atoms with E-state index >= 15 is 0 Å². The lowest BCUT2D eigenvalue weighted by molar-refractivity contribution is 0.357. The van der Waals surface area contributed by atoms with Gasteiger partial charge in [-0.2, -0.15) is 11.8 Å². The van der Waals surface area contributed by atoms with Crippen molar-refractivity contribution in [3.63, 3.8) is 0 Å². The van der Waals surface area contributed by atoms with E-state index in [2.05, 4.69) is 37.7 Å². The third kappa shape index (κ3) is 7.73. The minimum Gasteiger partial charge on any atom is -0.309 e. The number of hydrogen-bond acceptors (Lipinski definition) is 2. The fraction of sp³-hybridized carbons (Fsp3) is 1.00. The van der Waals surface area contributed by atoms with E-state index in [0.29, 0.717) is 0 Å². The van der Waals surface area contributed by atoms with Crippen molar-refractivity contribution in [3.05, 3.63) is 0 Å². The van der Waals surface area contributed by atoms with Crippen LogP contribution in [0.2, 0.25) is 18.0 Å². The normalized spacial score (nSPS) is 22.0. The second-order valence-electron chi connectivity index (χ2n) is 9.04. The Morgan fingerprint density at radius 2 is 1.46 bits per heavy atom. The van der Waals surface area contributed by atoms with Gasteiger partial charge < -0.3 is 4.90 Å². The molecule has 140 valence electrons. The molecule has 2 fully saturated rings. The van der Waals surface area contributed by atoms with Crippen molar-refractivity contribution in [2.24, 2.45) is 5.92 Å². The Labute approximate surface area is 157 Å². The molecule has 0 aromatic carbocycles. The van der Waals surface area contributed by atoms with Gasteiger partial charge in [-0.1, -0.05) is 95.5 Å². The molecule has 2 aliphatic rings. The van der Waals surface area contributed by atoms with Gasteiger partial charge in [-0.25, -0.2) is 0 Å². The Hall–Kier alpha value is 0.375. The molecule has 1 atom stereocenters. The quantitative estimate of drug-likeness (QED) is 0.328. The van der Waals surface area contributed by atoms with Crippen molar-refractivity contribution in [2.45, 2.75) is 95.5 Å². The van der Waals surface area contributed by atoms with Gasteiger partial charge in [-0.05, 0) is 31.5 Å². The molecule has 1 unspecified atom stereocenters. The van der Waals surface area contributed by atoms with Gasteiger partial charge in [-0.3, -0.25) is 0 Å². The van der Waals surface area contributed by atoms with Gasteiger partial charge in [0.25, 0.3) is 0 Å². The first-order valence-electron chi connectivity index (χ1n) is 10.9. The van der Waals surface area contributed by atoms with E-state index in [9.17, 15) is 0 Å². The molecular weight excluding hydrogens is 309 g/mol. The minimum atomic E-state index is 0.831. The summed E-state index contributed by atoms with van der Waals surface area (Å²) in [6.07, 6.45) is 18.3. The predicted molar refractivity (Wildman–Crippen MR) is 114 cm³/mol. The summed E-state index contributed by atoms with van der Waals surface area (Å²) < 4.78 is 0. The summed E-state index contributed by atoms with van der Waals surface area (Å²) in [6, 6.07) is 0. The van der Waals surface area contributed by atoms with Gasteiger partial charge in [0.05, 0.1) is 0 Å². The summed E-state index contributed by atoms with van der Waals surface area (Å²) in [4.78, 5) is 2.33. The summed E-state index contributed by atoms with van der Waals surface area (Å²) in [6.45, 7) is 4.71. The second-order valence-corrected chi connectivity index (χ2v) is 10.2. The lowest BCUT2D eigenvalue weighted by atomic mass is 9.29. The van der Waals surface area contributed by atoms with Gasteiger partial charge in [-0.15, -0.1) is 0 Å². The molecule has 0 amide bonds. The third-order valence-electron chi connectivity index (χ3n) is 6.42. The van der Waals surface area contributed by atoms with E-state index in [1.54, 1.807) is 25.7 Å². The monoisotopic (exact) mass is 351 g/mol. The molecule has 0 radical (unpaired) electrons. The molecule has 2 saturated carbocycles. The molecule has 24 heavy (non-hydrogen) atoms. The molecular formula is C21H42BNS. The molecule has 0 heterocycles. The van der Waals surface area contributed by atoms with Gasteiger partial charge >= 0.3 is 0 Å². The molecule has 0 aliphatic heterocycles. The van der Waals surface area contributed by atoms with Crippen LogP contribution in [-0.2, 0) is 0 Å². The molecule has 3 heteroatoms. The van der Waals surface area contributed by atoms with E-state index in [1.165, 1.54) is 69.3 Å². The summed E-state index contributed by atoms with van der Waals surface area (Å²) in [5.74, 6) is 5.74. The molecule has 0 N–H and O–H groups in total. The molecule has 2 rings (SSSR count). The van der Waals surface area contributed by atoms with Crippen LogP contribution in [0.1, 0.15) is 77.6 Å². The zero-order valence-corrected chi connectivity index (χ0v) is 17.6. The highest BCUT2D eigenvalue weighted by atomic mass is 32.2. The average molecular weight is 351 g/mol. The van der Waals surface area contributed by atoms with Crippen LogP contribution in [0.3, 0.4) is 0 Å². The fourth-order valence-corrected chi connectivity index (χ4v) is 6.41. The highest BCUT2D eigenvalue weighted by Crippen LogP contribution is 2.43.